The van der Waals surface area contributed by atoms with E-state index in [4.69, 9.17) is 0 Å². The molecule has 1 heterocycles. The van der Waals surface area contributed by atoms with Gasteiger partial charge in [0.1, 0.15) is 0 Å². The summed E-state index contributed by atoms with van der Waals surface area (Å²) in [6.07, 6.45) is 0. The summed E-state index contributed by atoms with van der Waals surface area (Å²) in [5.41, 5.74) is 2.11. The number of hydrogen-bond donors (Lipinski definition) is 1. The Labute approximate surface area is 188 Å². The summed E-state index contributed by atoms with van der Waals surface area (Å²) in [5, 5.41) is 13.7. The van der Waals surface area contributed by atoms with E-state index in [9.17, 15) is 23.3 Å². The Morgan fingerprint density at radius 2 is 1.72 bits per heavy atom. The molecule has 0 aliphatic carbocycles. The molecule has 0 spiro atoms. The number of piperazine rings is 1. The van der Waals surface area contributed by atoms with Crippen LogP contribution >= 0.6 is 0 Å². The van der Waals surface area contributed by atoms with Crippen LogP contribution in [0.3, 0.4) is 0 Å². The number of nitro groups is 1. The largest absolute Gasteiger partial charge is 0.324 e. The molecule has 1 saturated heterocycles. The molecule has 1 fully saturated rings. The van der Waals surface area contributed by atoms with Gasteiger partial charge in [0.25, 0.3) is 5.69 Å². The van der Waals surface area contributed by atoms with Gasteiger partial charge >= 0.3 is 0 Å². The van der Waals surface area contributed by atoms with E-state index in [1.165, 1.54) is 16.4 Å². The average molecular weight is 461 g/mol. The van der Waals surface area contributed by atoms with Crippen LogP contribution < -0.4 is 5.32 Å². The van der Waals surface area contributed by atoms with E-state index in [0.29, 0.717) is 24.7 Å². The summed E-state index contributed by atoms with van der Waals surface area (Å²) < 4.78 is 27.3. The lowest BCUT2D eigenvalue weighted by atomic mass is 10.0. The lowest BCUT2D eigenvalue weighted by molar-refractivity contribution is -0.384. The van der Waals surface area contributed by atoms with Crippen LogP contribution in [0.4, 0.5) is 11.4 Å². The first-order valence-corrected chi connectivity index (χ1v) is 11.9. The molecule has 10 heteroatoms. The second-order valence-electron chi connectivity index (χ2n) is 8.21. The minimum atomic E-state index is -3.58. The normalized spacial score (nSPS) is 15.6. The number of nitrogens with zero attached hydrogens (tertiary/aromatic N) is 3. The maximum atomic E-state index is 12.9. The molecule has 32 heavy (non-hydrogen) atoms. The van der Waals surface area contributed by atoms with Crippen LogP contribution in [-0.2, 0) is 14.8 Å². The Hall–Kier alpha value is -2.82. The number of sulfonamides is 1. The summed E-state index contributed by atoms with van der Waals surface area (Å²) in [6, 6.07) is 11.3. The maximum absolute atomic E-state index is 12.9. The first-order valence-electron chi connectivity index (χ1n) is 10.5. The van der Waals surface area contributed by atoms with Crippen LogP contribution in [0, 0.1) is 17.0 Å². The average Bonchev–Trinajstić information content (AvgIpc) is 2.75. The fourth-order valence-electron chi connectivity index (χ4n) is 3.55. The van der Waals surface area contributed by atoms with Crippen molar-refractivity contribution >= 4 is 27.3 Å². The quantitative estimate of drug-likeness (QED) is 0.502. The summed E-state index contributed by atoms with van der Waals surface area (Å²) in [4.78, 5) is 25.0. The zero-order valence-electron chi connectivity index (χ0n) is 18.4. The topological polar surface area (TPSA) is 113 Å². The Balaban J connectivity index is 1.57. The highest BCUT2D eigenvalue weighted by Gasteiger charge is 2.29. The van der Waals surface area contributed by atoms with E-state index in [0.717, 1.165) is 11.1 Å². The molecule has 0 atom stereocenters. The molecule has 9 nitrogen and oxygen atoms in total. The molecule has 1 aliphatic heterocycles. The molecule has 0 aromatic heterocycles. The lowest BCUT2D eigenvalue weighted by Gasteiger charge is -2.33. The highest BCUT2D eigenvalue weighted by Crippen LogP contribution is 2.23. The van der Waals surface area contributed by atoms with Gasteiger partial charge in [-0.1, -0.05) is 32.0 Å². The molecule has 1 aliphatic rings. The van der Waals surface area contributed by atoms with Gasteiger partial charge in [-0.25, -0.2) is 8.42 Å². The number of nitro benzene ring substituents is 1. The summed E-state index contributed by atoms with van der Waals surface area (Å²) >= 11 is 0. The standard InChI is InChI=1S/C22H28N4O5S/c1-16(2)18-5-8-20(9-6-18)32(30,31)25-12-10-24(11-13-25)15-22(27)23-21-14-19(26(28)29)7-4-17(21)3/h4-9,14,16H,10-13,15H2,1-3H3,(H,23,27). The molecule has 0 saturated carbocycles. The number of nitrogens with one attached hydrogen (secondary N) is 1. The van der Waals surface area contributed by atoms with Crippen LogP contribution in [0.1, 0.15) is 30.9 Å². The Kier molecular flexibility index (Phi) is 7.27. The Bertz CT molecular complexity index is 1090. The van der Waals surface area contributed by atoms with E-state index < -0.39 is 14.9 Å². The van der Waals surface area contributed by atoms with Crippen molar-refractivity contribution in [1.29, 1.82) is 0 Å². The maximum Gasteiger partial charge on any atom is 0.271 e. The van der Waals surface area contributed by atoms with Crippen molar-refractivity contribution in [3.63, 3.8) is 0 Å². The number of anilines is 1. The molecule has 3 rings (SSSR count). The molecular weight excluding hydrogens is 432 g/mol. The smallest absolute Gasteiger partial charge is 0.271 e. The third-order valence-corrected chi connectivity index (χ3v) is 7.50. The van der Waals surface area contributed by atoms with E-state index >= 15 is 0 Å². The molecule has 172 valence electrons. The van der Waals surface area contributed by atoms with Gasteiger partial charge in [0.05, 0.1) is 22.1 Å². The molecule has 1 amide bonds. The van der Waals surface area contributed by atoms with Crippen molar-refractivity contribution in [1.82, 2.24) is 9.21 Å². The molecular formula is C22H28N4O5S. The van der Waals surface area contributed by atoms with Crippen LogP contribution in [0.25, 0.3) is 0 Å². The fraction of sp³-hybridized carbons (Fsp3) is 0.409. The third kappa shape index (κ3) is 5.50. The number of amides is 1. The summed E-state index contributed by atoms with van der Waals surface area (Å²) in [6.45, 7) is 7.37. The number of non-ortho nitro benzene ring substituents is 1. The van der Waals surface area contributed by atoms with Gasteiger partial charge in [0.2, 0.25) is 15.9 Å². The van der Waals surface area contributed by atoms with Gasteiger partial charge in [-0.05, 0) is 36.1 Å². The highest BCUT2D eigenvalue weighted by molar-refractivity contribution is 7.89. The van der Waals surface area contributed by atoms with Gasteiger partial charge in [0.15, 0.2) is 0 Å². The summed E-state index contributed by atoms with van der Waals surface area (Å²) in [7, 11) is -3.58. The van der Waals surface area contributed by atoms with Gasteiger partial charge < -0.3 is 5.32 Å². The number of aryl methyl sites for hydroxylation is 1. The first-order chi connectivity index (χ1) is 15.1. The van der Waals surface area contributed by atoms with Crippen LogP contribution in [0.5, 0.6) is 0 Å². The fourth-order valence-corrected chi connectivity index (χ4v) is 4.97. The molecule has 0 radical (unpaired) electrons. The zero-order valence-corrected chi connectivity index (χ0v) is 19.3. The minimum Gasteiger partial charge on any atom is -0.324 e. The van der Waals surface area contributed by atoms with Crippen molar-refractivity contribution in [2.75, 3.05) is 38.0 Å². The summed E-state index contributed by atoms with van der Waals surface area (Å²) in [5.74, 6) is 0.0291. The second kappa shape index (κ2) is 9.76. The van der Waals surface area contributed by atoms with Crippen LogP contribution in [-0.4, -0.2) is 61.2 Å². The number of carbonyl (C=O) groups is 1. The molecule has 2 aromatic rings. The van der Waals surface area contributed by atoms with Gasteiger partial charge in [0, 0.05) is 38.3 Å². The predicted molar refractivity (Wildman–Crippen MR) is 122 cm³/mol. The Morgan fingerprint density at radius 1 is 1.09 bits per heavy atom. The molecule has 1 N–H and O–H groups in total. The lowest BCUT2D eigenvalue weighted by Crippen LogP contribution is -2.50. The number of rotatable bonds is 7. The van der Waals surface area contributed by atoms with Crippen LogP contribution in [0.2, 0.25) is 0 Å². The predicted octanol–water partition coefficient (Wildman–Crippen LogP) is 2.97. The third-order valence-electron chi connectivity index (χ3n) is 5.59. The van der Waals surface area contributed by atoms with Crippen molar-refractivity contribution in [2.24, 2.45) is 0 Å². The second-order valence-corrected chi connectivity index (χ2v) is 10.1. The monoisotopic (exact) mass is 460 g/mol. The first kappa shape index (κ1) is 23.8. The van der Waals surface area contributed by atoms with Crippen molar-refractivity contribution < 1.29 is 18.1 Å². The minimum absolute atomic E-state index is 0.0824. The van der Waals surface area contributed by atoms with Crippen molar-refractivity contribution in [2.45, 2.75) is 31.6 Å². The van der Waals surface area contributed by atoms with Gasteiger partial charge in [-0.2, -0.15) is 4.31 Å². The SMILES string of the molecule is Cc1ccc([N+](=O)[O-])cc1NC(=O)CN1CCN(S(=O)(=O)c2ccc(C(C)C)cc2)CC1. The Morgan fingerprint density at radius 3 is 2.28 bits per heavy atom. The van der Waals surface area contributed by atoms with E-state index in [1.807, 2.05) is 17.0 Å². The van der Waals surface area contributed by atoms with E-state index in [-0.39, 0.29) is 36.1 Å². The van der Waals surface area contributed by atoms with Crippen molar-refractivity contribution in [3.05, 3.63) is 63.7 Å². The molecule has 2 aromatic carbocycles. The van der Waals surface area contributed by atoms with E-state index in [2.05, 4.69) is 19.2 Å². The zero-order chi connectivity index (χ0) is 23.5. The number of hydrogen-bond acceptors (Lipinski definition) is 6. The highest BCUT2D eigenvalue weighted by atomic mass is 32.2. The van der Waals surface area contributed by atoms with Crippen molar-refractivity contribution in [3.8, 4) is 0 Å². The van der Waals surface area contributed by atoms with Gasteiger partial charge in [-0.3, -0.25) is 19.8 Å². The van der Waals surface area contributed by atoms with Gasteiger partial charge in [-0.15, -0.1) is 0 Å². The molecule has 0 unspecified atom stereocenters. The molecule has 0 bridgehead atoms. The van der Waals surface area contributed by atoms with Crippen LogP contribution in [0.15, 0.2) is 47.4 Å². The number of benzene rings is 2. The van der Waals surface area contributed by atoms with E-state index in [1.54, 1.807) is 25.1 Å². The number of carbonyl (C=O) groups excluding carboxylic acids is 1.